The van der Waals surface area contributed by atoms with E-state index in [1.54, 1.807) is 0 Å². The summed E-state index contributed by atoms with van der Waals surface area (Å²) in [6.45, 7) is 5.47. The first kappa shape index (κ1) is 10.4. The Balaban J connectivity index is 1.65. The van der Waals surface area contributed by atoms with Gasteiger partial charge in [-0.3, -0.25) is 0 Å². The molecule has 0 aromatic carbocycles. The Kier molecular flexibility index (Phi) is 3.45. The highest BCUT2D eigenvalue weighted by Gasteiger charge is 2.41. The Bertz CT molecular complexity index is 171. The summed E-state index contributed by atoms with van der Waals surface area (Å²) in [5.41, 5.74) is 0.701. The third kappa shape index (κ3) is 2.71. The van der Waals surface area contributed by atoms with Gasteiger partial charge >= 0.3 is 0 Å². The zero-order valence-corrected chi connectivity index (χ0v) is 9.35. The Labute approximate surface area is 87.4 Å². The molecule has 2 heteroatoms. The van der Waals surface area contributed by atoms with Crippen molar-refractivity contribution in [2.75, 3.05) is 19.8 Å². The van der Waals surface area contributed by atoms with Gasteiger partial charge in [0.15, 0.2) is 0 Å². The van der Waals surface area contributed by atoms with Crippen molar-refractivity contribution in [2.45, 2.75) is 51.5 Å². The van der Waals surface area contributed by atoms with Crippen LogP contribution in [0.25, 0.3) is 0 Å². The molecule has 1 saturated heterocycles. The molecule has 0 bridgehead atoms. The fourth-order valence-electron chi connectivity index (χ4n) is 2.48. The number of rotatable bonds is 5. The molecule has 0 radical (unpaired) electrons. The van der Waals surface area contributed by atoms with Gasteiger partial charge in [-0.1, -0.05) is 13.3 Å². The lowest BCUT2D eigenvalue weighted by Crippen LogP contribution is -2.38. The molecule has 1 heterocycles. The number of hydrogen-bond donors (Lipinski definition) is 1. The van der Waals surface area contributed by atoms with Gasteiger partial charge in [0.05, 0.1) is 0 Å². The largest absolute Gasteiger partial charge is 0.381 e. The van der Waals surface area contributed by atoms with E-state index in [4.69, 9.17) is 4.74 Å². The second-order valence-corrected chi connectivity index (χ2v) is 5.02. The maximum atomic E-state index is 5.35. The molecule has 0 unspecified atom stereocenters. The molecule has 0 atom stereocenters. The Morgan fingerprint density at radius 3 is 2.57 bits per heavy atom. The fraction of sp³-hybridized carbons (Fsp3) is 1.00. The Morgan fingerprint density at radius 1 is 1.29 bits per heavy atom. The summed E-state index contributed by atoms with van der Waals surface area (Å²) in [6.07, 6.45) is 8.09. The van der Waals surface area contributed by atoms with Gasteiger partial charge in [-0.15, -0.1) is 0 Å². The van der Waals surface area contributed by atoms with Gasteiger partial charge in [0.2, 0.25) is 0 Å². The highest BCUT2D eigenvalue weighted by atomic mass is 16.5. The van der Waals surface area contributed by atoms with E-state index in [-0.39, 0.29) is 0 Å². The lowest BCUT2D eigenvalue weighted by molar-refractivity contribution is 0.0764. The molecule has 2 aliphatic rings. The molecule has 2 nitrogen and oxygen atoms in total. The Morgan fingerprint density at radius 2 is 2.00 bits per heavy atom. The SMILES string of the molecule is CCCC1(CNC2CCOCC2)CC1. The first-order valence-electron chi connectivity index (χ1n) is 6.16. The molecule has 1 saturated carbocycles. The lowest BCUT2D eigenvalue weighted by Gasteiger charge is -2.25. The summed E-state index contributed by atoms with van der Waals surface area (Å²) >= 11 is 0. The minimum Gasteiger partial charge on any atom is -0.381 e. The minimum atomic E-state index is 0.701. The van der Waals surface area contributed by atoms with E-state index in [0.29, 0.717) is 5.41 Å². The van der Waals surface area contributed by atoms with Crippen molar-refractivity contribution in [3.05, 3.63) is 0 Å². The number of nitrogens with one attached hydrogen (secondary N) is 1. The maximum Gasteiger partial charge on any atom is 0.0480 e. The van der Waals surface area contributed by atoms with Crippen molar-refractivity contribution in [1.29, 1.82) is 0 Å². The van der Waals surface area contributed by atoms with Crippen LogP contribution in [0.2, 0.25) is 0 Å². The molecule has 1 aliphatic heterocycles. The quantitative estimate of drug-likeness (QED) is 0.730. The number of ether oxygens (including phenoxy) is 1. The van der Waals surface area contributed by atoms with E-state index in [0.717, 1.165) is 19.3 Å². The normalized spacial score (nSPS) is 26.4. The third-order valence-electron chi connectivity index (χ3n) is 3.72. The topological polar surface area (TPSA) is 21.3 Å². The van der Waals surface area contributed by atoms with Gasteiger partial charge in [0.1, 0.15) is 0 Å². The predicted molar refractivity (Wildman–Crippen MR) is 58.4 cm³/mol. The van der Waals surface area contributed by atoms with Crippen LogP contribution in [0.4, 0.5) is 0 Å². The van der Waals surface area contributed by atoms with Crippen LogP contribution in [-0.2, 0) is 4.74 Å². The second kappa shape index (κ2) is 4.63. The summed E-state index contributed by atoms with van der Waals surface area (Å²) < 4.78 is 5.35. The van der Waals surface area contributed by atoms with Crippen LogP contribution in [0.1, 0.15) is 45.4 Å². The van der Waals surface area contributed by atoms with Crippen molar-refractivity contribution in [3.8, 4) is 0 Å². The van der Waals surface area contributed by atoms with Crippen molar-refractivity contribution in [3.63, 3.8) is 0 Å². The molecule has 0 aromatic rings. The van der Waals surface area contributed by atoms with Gasteiger partial charge in [0, 0.05) is 25.8 Å². The van der Waals surface area contributed by atoms with Crippen LogP contribution in [0.15, 0.2) is 0 Å². The third-order valence-corrected chi connectivity index (χ3v) is 3.72. The molecule has 0 spiro atoms. The monoisotopic (exact) mass is 197 g/mol. The molecule has 0 amide bonds. The van der Waals surface area contributed by atoms with Crippen molar-refractivity contribution >= 4 is 0 Å². The van der Waals surface area contributed by atoms with E-state index in [9.17, 15) is 0 Å². The highest BCUT2D eigenvalue weighted by Crippen LogP contribution is 2.49. The van der Waals surface area contributed by atoms with E-state index < -0.39 is 0 Å². The van der Waals surface area contributed by atoms with Crippen molar-refractivity contribution < 1.29 is 4.74 Å². The highest BCUT2D eigenvalue weighted by molar-refractivity contribution is 4.95. The van der Waals surface area contributed by atoms with E-state index in [2.05, 4.69) is 12.2 Å². The average molecular weight is 197 g/mol. The lowest BCUT2D eigenvalue weighted by atomic mass is 9.99. The van der Waals surface area contributed by atoms with Crippen LogP contribution in [-0.4, -0.2) is 25.8 Å². The first-order valence-corrected chi connectivity index (χ1v) is 6.16. The van der Waals surface area contributed by atoms with Crippen LogP contribution < -0.4 is 5.32 Å². The van der Waals surface area contributed by atoms with Gasteiger partial charge in [-0.25, -0.2) is 0 Å². The Hall–Kier alpha value is -0.0800. The summed E-state index contributed by atoms with van der Waals surface area (Å²) in [5.74, 6) is 0. The van der Waals surface area contributed by atoms with E-state index in [1.807, 2.05) is 0 Å². The molecule has 1 N–H and O–H groups in total. The summed E-state index contributed by atoms with van der Waals surface area (Å²) in [5, 5.41) is 3.73. The molecule has 1 aliphatic carbocycles. The molecular formula is C12H23NO. The van der Waals surface area contributed by atoms with Gasteiger partial charge in [-0.05, 0) is 37.5 Å². The molecular weight excluding hydrogens is 174 g/mol. The van der Waals surface area contributed by atoms with Crippen LogP contribution in [0.3, 0.4) is 0 Å². The first-order chi connectivity index (χ1) is 6.85. The summed E-state index contributed by atoms with van der Waals surface area (Å²) in [4.78, 5) is 0. The standard InChI is InChI=1S/C12H23NO/c1-2-5-12(6-7-12)10-13-11-3-8-14-9-4-11/h11,13H,2-10H2,1H3. The zero-order chi connectivity index (χ0) is 9.86. The second-order valence-electron chi connectivity index (χ2n) is 5.02. The van der Waals surface area contributed by atoms with Gasteiger partial charge in [0.25, 0.3) is 0 Å². The predicted octanol–water partition coefficient (Wildman–Crippen LogP) is 2.34. The summed E-state index contributed by atoms with van der Waals surface area (Å²) in [7, 11) is 0. The average Bonchev–Trinajstić information content (AvgIpc) is 2.98. The van der Waals surface area contributed by atoms with E-state index in [1.165, 1.54) is 45.1 Å². The smallest absolute Gasteiger partial charge is 0.0480 e. The maximum absolute atomic E-state index is 5.35. The van der Waals surface area contributed by atoms with Crippen LogP contribution >= 0.6 is 0 Å². The summed E-state index contributed by atoms with van der Waals surface area (Å²) in [6, 6.07) is 0.734. The minimum absolute atomic E-state index is 0.701. The van der Waals surface area contributed by atoms with Crippen LogP contribution in [0, 0.1) is 5.41 Å². The van der Waals surface area contributed by atoms with Gasteiger partial charge in [-0.2, -0.15) is 0 Å². The van der Waals surface area contributed by atoms with Gasteiger partial charge < -0.3 is 10.1 Å². The van der Waals surface area contributed by atoms with Crippen molar-refractivity contribution in [1.82, 2.24) is 5.32 Å². The van der Waals surface area contributed by atoms with E-state index >= 15 is 0 Å². The van der Waals surface area contributed by atoms with Crippen molar-refractivity contribution in [2.24, 2.45) is 5.41 Å². The number of hydrogen-bond acceptors (Lipinski definition) is 2. The van der Waals surface area contributed by atoms with Crippen LogP contribution in [0.5, 0.6) is 0 Å². The fourth-order valence-corrected chi connectivity index (χ4v) is 2.48. The molecule has 0 aromatic heterocycles. The molecule has 82 valence electrons. The molecule has 2 rings (SSSR count). The zero-order valence-electron chi connectivity index (χ0n) is 9.35. The molecule has 2 fully saturated rings. The molecule has 14 heavy (non-hydrogen) atoms.